The second-order valence-corrected chi connectivity index (χ2v) is 3.77. The van der Waals surface area contributed by atoms with Gasteiger partial charge in [0, 0.05) is 6.42 Å². The van der Waals surface area contributed by atoms with Crippen LogP contribution in [0.5, 0.6) is 0 Å². The fourth-order valence-electron chi connectivity index (χ4n) is 1.55. The first-order chi connectivity index (χ1) is 9.28. The van der Waals surface area contributed by atoms with Crippen LogP contribution in [0.3, 0.4) is 0 Å². The van der Waals surface area contributed by atoms with Crippen molar-refractivity contribution in [3.05, 3.63) is 35.9 Å². The molecule has 0 saturated carbocycles. The molecule has 0 aliphatic rings. The SMILES string of the molecule is CCc1noc(-c2nc(-c3ccccc3F)no2)n1. The molecule has 0 spiro atoms. The number of hydrogen-bond donors (Lipinski definition) is 0. The Bertz CT molecular complexity index is 707. The maximum absolute atomic E-state index is 13.6. The van der Waals surface area contributed by atoms with Crippen molar-refractivity contribution in [2.24, 2.45) is 0 Å². The van der Waals surface area contributed by atoms with Crippen molar-refractivity contribution in [3.8, 4) is 23.2 Å². The number of halogens is 1. The molecule has 0 aliphatic heterocycles. The number of nitrogens with zero attached hydrogens (tertiary/aromatic N) is 4. The summed E-state index contributed by atoms with van der Waals surface area (Å²) in [6.45, 7) is 1.90. The van der Waals surface area contributed by atoms with Crippen LogP contribution in [0.4, 0.5) is 4.39 Å². The van der Waals surface area contributed by atoms with E-state index in [2.05, 4.69) is 20.3 Å². The summed E-state index contributed by atoms with van der Waals surface area (Å²) in [6, 6.07) is 6.17. The van der Waals surface area contributed by atoms with Crippen molar-refractivity contribution in [1.82, 2.24) is 20.3 Å². The smallest absolute Gasteiger partial charge is 0.316 e. The maximum atomic E-state index is 13.6. The largest absolute Gasteiger partial charge is 0.329 e. The number of benzene rings is 1. The first-order valence-corrected chi connectivity index (χ1v) is 5.69. The molecular weight excluding hydrogens is 251 g/mol. The van der Waals surface area contributed by atoms with Crippen LogP contribution < -0.4 is 0 Å². The Morgan fingerprint density at radius 2 is 1.79 bits per heavy atom. The topological polar surface area (TPSA) is 77.8 Å². The van der Waals surface area contributed by atoms with Crippen LogP contribution in [0.25, 0.3) is 23.2 Å². The van der Waals surface area contributed by atoms with Gasteiger partial charge in [-0.25, -0.2) is 4.39 Å². The van der Waals surface area contributed by atoms with Crippen LogP contribution in [0.2, 0.25) is 0 Å². The minimum atomic E-state index is -0.422. The van der Waals surface area contributed by atoms with E-state index in [4.69, 9.17) is 9.05 Å². The Kier molecular flexibility index (Phi) is 2.79. The van der Waals surface area contributed by atoms with E-state index in [-0.39, 0.29) is 23.2 Å². The van der Waals surface area contributed by atoms with E-state index in [1.54, 1.807) is 18.2 Å². The summed E-state index contributed by atoms with van der Waals surface area (Å²) in [4.78, 5) is 8.11. The predicted octanol–water partition coefficient (Wildman–Crippen LogP) is 2.49. The number of hydrogen-bond acceptors (Lipinski definition) is 6. The molecule has 0 saturated heterocycles. The summed E-state index contributed by atoms with van der Waals surface area (Å²) in [5, 5.41) is 7.43. The van der Waals surface area contributed by atoms with Crippen molar-refractivity contribution < 1.29 is 13.4 Å². The quantitative estimate of drug-likeness (QED) is 0.719. The third-order valence-corrected chi connectivity index (χ3v) is 2.51. The Balaban J connectivity index is 1.97. The number of rotatable bonds is 3. The van der Waals surface area contributed by atoms with Gasteiger partial charge in [0.15, 0.2) is 5.82 Å². The lowest BCUT2D eigenvalue weighted by Crippen LogP contribution is -1.86. The average molecular weight is 260 g/mol. The fraction of sp³-hybridized carbons (Fsp3) is 0.167. The van der Waals surface area contributed by atoms with Gasteiger partial charge in [-0.05, 0) is 12.1 Å². The van der Waals surface area contributed by atoms with E-state index in [9.17, 15) is 4.39 Å². The van der Waals surface area contributed by atoms with Gasteiger partial charge in [-0.3, -0.25) is 0 Å². The van der Waals surface area contributed by atoms with E-state index in [1.165, 1.54) is 6.07 Å². The lowest BCUT2D eigenvalue weighted by atomic mass is 10.2. The Morgan fingerprint density at radius 3 is 2.53 bits per heavy atom. The molecule has 0 unspecified atom stereocenters. The first kappa shape index (κ1) is 11.5. The van der Waals surface area contributed by atoms with Crippen LogP contribution in [-0.4, -0.2) is 20.3 Å². The molecule has 3 aromatic rings. The number of aromatic nitrogens is 4. The zero-order chi connectivity index (χ0) is 13.2. The minimum absolute atomic E-state index is 0.0745. The summed E-state index contributed by atoms with van der Waals surface area (Å²) >= 11 is 0. The highest BCUT2D eigenvalue weighted by atomic mass is 19.1. The zero-order valence-corrected chi connectivity index (χ0v) is 10.00. The van der Waals surface area contributed by atoms with Crippen LogP contribution in [-0.2, 0) is 6.42 Å². The molecule has 0 bridgehead atoms. The zero-order valence-electron chi connectivity index (χ0n) is 10.00. The van der Waals surface area contributed by atoms with Crippen molar-refractivity contribution in [3.63, 3.8) is 0 Å². The van der Waals surface area contributed by atoms with E-state index in [1.807, 2.05) is 6.92 Å². The third kappa shape index (κ3) is 2.10. The standard InChI is InChI=1S/C12H9FN4O2/c1-2-9-14-11(18-16-9)12-15-10(17-19-12)7-5-3-4-6-8(7)13/h3-6H,2H2,1H3. The Labute approximate surface area is 107 Å². The molecule has 0 fully saturated rings. The van der Waals surface area contributed by atoms with Gasteiger partial charge in [0.05, 0.1) is 5.56 Å². The van der Waals surface area contributed by atoms with Crippen LogP contribution in [0.1, 0.15) is 12.7 Å². The number of aryl methyl sites for hydroxylation is 1. The molecule has 0 atom stereocenters. The molecule has 0 N–H and O–H groups in total. The van der Waals surface area contributed by atoms with Gasteiger partial charge in [-0.15, -0.1) is 0 Å². The van der Waals surface area contributed by atoms with Gasteiger partial charge in [-0.1, -0.05) is 29.4 Å². The van der Waals surface area contributed by atoms with Crippen molar-refractivity contribution >= 4 is 0 Å². The highest BCUT2D eigenvalue weighted by molar-refractivity contribution is 5.56. The summed E-state index contributed by atoms with van der Waals surface area (Å²) < 4.78 is 23.5. The highest BCUT2D eigenvalue weighted by Gasteiger charge is 2.18. The first-order valence-electron chi connectivity index (χ1n) is 5.69. The summed E-state index contributed by atoms with van der Waals surface area (Å²) in [7, 11) is 0. The molecule has 96 valence electrons. The van der Waals surface area contributed by atoms with E-state index >= 15 is 0 Å². The molecule has 7 heteroatoms. The highest BCUT2D eigenvalue weighted by Crippen LogP contribution is 2.22. The van der Waals surface area contributed by atoms with Gasteiger partial charge in [0.2, 0.25) is 5.82 Å². The van der Waals surface area contributed by atoms with E-state index in [0.29, 0.717) is 12.2 Å². The van der Waals surface area contributed by atoms with Gasteiger partial charge in [0.1, 0.15) is 5.82 Å². The molecule has 0 aliphatic carbocycles. The van der Waals surface area contributed by atoms with E-state index < -0.39 is 5.82 Å². The van der Waals surface area contributed by atoms with Crippen LogP contribution in [0, 0.1) is 5.82 Å². The van der Waals surface area contributed by atoms with Crippen molar-refractivity contribution in [2.45, 2.75) is 13.3 Å². The molecule has 2 heterocycles. The Morgan fingerprint density at radius 1 is 1.05 bits per heavy atom. The molecule has 0 amide bonds. The van der Waals surface area contributed by atoms with Crippen LogP contribution in [0.15, 0.2) is 33.3 Å². The van der Waals surface area contributed by atoms with Crippen LogP contribution >= 0.6 is 0 Å². The lowest BCUT2D eigenvalue weighted by molar-refractivity contribution is 0.380. The molecule has 1 aromatic carbocycles. The molecule has 0 radical (unpaired) electrons. The van der Waals surface area contributed by atoms with Crippen molar-refractivity contribution in [1.29, 1.82) is 0 Å². The predicted molar refractivity (Wildman–Crippen MR) is 62.4 cm³/mol. The molecule has 3 rings (SSSR count). The molecular formula is C12H9FN4O2. The normalized spacial score (nSPS) is 10.8. The second kappa shape index (κ2) is 4.60. The summed E-state index contributed by atoms with van der Waals surface area (Å²) in [6.07, 6.45) is 0.637. The molecule has 6 nitrogen and oxygen atoms in total. The average Bonchev–Trinajstić information content (AvgIpc) is 3.08. The maximum Gasteiger partial charge on any atom is 0.316 e. The monoisotopic (exact) mass is 260 g/mol. The van der Waals surface area contributed by atoms with E-state index in [0.717, 1.165) is 0 Å². The Hall–Kier alpha value is -2.57. The van der Waals surface area contributed by atoms with Gasteiger partial charge in [-0.2, -0.15) is 9.97 Å². The van der Waals surface area contributed by atoms with Crippen molar-refractivity contribution in [2.75, 3.05) is 0 Å². The van der Waals surface area contributed by atoms with Gasteiger partial charge < -0.3 is 9.05 Å². The third-order valence-electron chi connectivity index (χ3n) is 2.51. The molecule has 2 aromatic heterocycles. The summed E-state index contributed by atoms with van der Waals surface area (Å²) in [5.41, 5.74) is 0.257. The summed E-state index contributed by atoms with van der Waals surface area (Å²) in [5.74, 6) is 0.469. The molecule has 19 heavy (non-hydrogen) atoms. The van der Waals surface area contributed by atoms with Gasteiger partial charge >= 0.3 is 11.8 Å². The fourth-order valence-corrected chi connectivity index (χ4v) is 1.55. The second-order valence-electron chi connectivity index (χ2n) is 3.77. The van der Waals surface area contributed by atoms with Gasteiger partial charge in [0.25, 0.3) is 0 Å². The lowest BCUT2D eigenvalue weighted by Gasteiger charge is -1.94. The minimum Gasteiger partial charge on any atom is -0.329 e.